The van der Waals surface area contributed by atoms with E-state index in [2.05, 4.69) is 36.4 Å². The fourth-order valence-corrected chi connectivity index (χ4v) is 2.78. The summed E-state index contributed by atoms with van der Waals surface area (Å²) in [6.45, 7) is 2.23. The van der Waals surface area contributed by atoms with Gasteiger partial charge >= 0.3 is 0 Å². The highest BCUT2D eigenvalue weighted by atomic mass is 35.5. The number of halogens is 1. The van der Waals surface area contributed by atoms with Gasteiger partial charge in [-0.3, -0.25) is 0 Å². The molecule has 0 atom stereocenters. The second kappa shape index (κ2) is 5.38. The smallest absolute Gasteiger partial charge is 0.0406 e. The van der Waals surface area contributed by atoms with Crippen LogP contribution >= 0.6 is 11.6 Å². The van der Waals surface area contributed by atoms with Crippen molar-refractivity contribution in [3.05, 3.63) is 34.9 Å². The minimum Gasteiger partial charge on any atom is -0.317 e. The van der Waals surface area contributed by atoms with Crippen LogP contribution in [0.4, 0.5) is 0 Å². The van der Waals surface area contributed by atoms with Gasteiger partial charge in [0.2, 0.25) is 0 Å². The number of hydrogen-bond donors (Lipinski definition) is 1. The van der Waals surface area contributed by atoms with Crippen LogP contribution in [0.15, 0.2) is 24.3 Å². The molecule has 0 radical (unpaired) electrons. The lowest BCUT2D eigenvalue weighted by atomic mass is 9.81. The Morgan fingerprint density at radius 3 is 2.29 bits per heavy atom. The van der Waals surface area contributed by atoms with Gasteiger partial charge in [-0.1, -0.05) is 23.7 Å². The van der Waals surface area contributed by atoms with Gasteiger partial charge in [-0.05, 0) is 64.1 Å². The molecule has 1 N–H and O–H groups in total. The molecule has 94 valence electrons. The van der Waals surface area contributed by atoms with Crippen LogP contribution in [0.2, 0.25) is 5.02 Å². The molecule has 1 aliphatic rings. The Kier molecular flexibility index (Phi) is 4.08. The van der Waals surface area contributed by atoms with Gasteiger partial charge in [-0.15, -0.1) is 0 Å². The van der Waals surface area contributed by atoms with E-state index in [4.69, 9.17) is 11.6 Å². The maximum atomic E-state index is 5.93. The molecule has 0 bridgehead atoms. The van der Waals surface area contributed by atoms with Gasteiger partial charge < -0.3 is 10.2 Å². The van der Waals surface area contributed by atoms with Crippen molar-refractivity contribution in [1.29, 1.82) is 0 Å². The number of rotatable bonds is 3. The van der Waals surface area contributed by atoms with E-state index >= 15 is 0 Å². The lowest BCUT2D eigenvalue weighted by molar-refractivity contribution is 0.108. The minimum absolute atomic E-state index is 0.305. The highest BCUT2D eigenvalue weighted by Crippen LogP contribution is 2.28. The standard InChI is InChI=1S/C14H21ClN2/c1-17(2)14(7-9-16-10-8-14)11-12-3-5-13(15)6-4-12/h3-6,16H,7-11H2,1-2H3. The monoisotopic (exact) mass is 252 g/mol. The summed E-state index contributed by atoms with van der Waals surface area (Å²) in [5.41, 5.74) is 1.68. The normalized spacial score (nSPS) is 19.5. The molecule has 17 heavy (non-hydrogen) atoms. The van der Waals surface area contributed by atoms with Crippen LogP contribution < -0.4 is 5.32 Å². The van der Waals surface area contributed by atoms with E-state index in [0.717, 1.165) is 24.5 Å². The molecule has 1 fully saturated rings. The summed E-state index contributed by atoms with van der Waals surface area (Å²) in [4.78, 5) is 2.39. The molecule has 2 rings (SSSR count). The predicted octanol–water partition coefficient (Wildman–Crippen LogP) is 2.57. The van der Waals surface area contributed by atoms with Crippen molar-refractivity contribution in [1.82, 2.24) is 10.2 Å². The van der Waals surface area contributed by atoms with E-state index in [9.17, 15) is 0 Å². The first-order valence-electron chi connectivity index (χ1n) is 6.25. The van der Waals surface area contributed by atoms with E-state index in [1.165, 1.54) is 18.4 Å². The van der Waals surface area contributed by atoms with E-state index in [0.29, 0.717) is 5.54 Å². The molecular weight excluding hydrogens is 232 g/mol. The summed E-state index contributed by atoms with van der Waals surface area (Å²) in [5.74, 6) is 0. The molecule has 1 aliphatic heterocycles. The molecular formula is C14H21ClN2. The highest BCUT2D eigenvalue weighted by molar-refractivity contribution is 6.30. The van der Waals surface area contributed by atoms with Gasteiger partial charge in [-0.25, -0.2) is 0 Å². The molecule has 1 aromatic carbocycles. The summed E-state index contributed by atoms with van der Waals surface area (Å²) >= 11 is 5.93. The zero-order chi connectivity index (χ0) is 12.3. The molecule has 0 amide bonds. The third-order valence-corrected chi connectivity index (χ3v) is 4.18. The fraction of sp³-hybridized carbons (Fsp3) is 0.571. The van der Waals surface area contributed by atoms with Crippen LogP contribution in [0.3, 0.4) is 0 Å². The van der Waals surface area contributed by atoms with Crippen LogP contribution in [-0.4, -0.2) is 37.6 Å². The van der Waals surface area contributed by atoms with E-state index in [1.54, 1.807) is 0 Å². The Morgan fingerprint density at radius 2 is 1.76 bits per heavy atom. The van der Waals surface area contributed by atoms with Crippen molar-refractivity contribution in [2.45, 2.75) is 24.8 Å². The predicted molar refractivity (Wildman–Crippen MR) is 73.7 cm³/mol. The Bertz CT molecular complexity index is 353. The van der Waals surface area contributed by atoms with Crippen molar-refractivity contribution in [3.8, 4) is 0 Å². The van der Waals surface area contributed by atoms with Crippen molar-refractivity contribution < 1.29 is 0 Å². The first-order valence-corrected chi connectivity index (χ1v) is 6.63. The van der Waals surface area contributed by atoms with Gasteiger partial charge in [-0.2, -0.15) is 0 Å². The zero-order valence-electron chi connectivity index (χ0n) is 10.7. The van der Waals surface area contributed by atoms with E-state index < -0.39 is 0 Å². The summed E-state index contributed by atoms with van der Waals surface area (Å²) < 4.78 is 0. The Morgan fingerprint density at radius 1 is 1.18 bits per heavy atom. The molecule has 0 unspecified atom stereocenters. The third kappa shape index (κ3) is 3.01. The molecule has 1 heterocycles. The molecule has 0 spiro atoms. The molecule has 1 saturated heterocycles. The Hall–Kier alpha value is -0.570. The molecule has 0 aromatic heterocycles. The molecule has 2 nitrogen and oxygen atoms in total. The lowest BCUT2D eigenvalue weighted by Crippen LogP contribution is -2.53. The largest absolute Gasteiger partial charge is 0.317 e. The Balaban J connectivity index is 2.14. The van der Waals surface area contributed by atoms with Crippen molar-refractivity contribution >= 4 is 11.6 Å². The van der Waals surface area contributed by atoms with Crippen molar-refractivity contribution in [3.63, 3.8) is 0 Å². The van der Waals surface area contributed by atoms with Crippen LogP contribution in [0.25, 0.3) is 0 Å². The van der Waals surface area contributed by atoms with Crippen molar-refractivity contribution in [2.75, 3.05) is 27.2 Å². The quantitative estimate of drug-likeness (QED) is 0.890. The number of hydrogen-bond acceptors (Lipinski definition) is 2. The lowest BCUT2D eigenvalue weighted by Gasteiger charge is -2.43. The van der Waals surface area contributed by atoms with Crippen LogP contribution in [-0.2, 0) is 6.42 Å². The number of benzene rings is 1. The average Bonchev–Trinajstić information content (AvgIpc) is 2.33. The number of nitrogens with one attached hydrogen (secondary N) is 1. The highest BCUT2D eigenvalue weighted by Gasteiger charge is 2.34. The first kappa shape index (κ1) is 12.9. The topological polar surface area (TPSA) is 15.3 Å². The van der Waals surface area contributed by atoms with Crippen LogP contribution in [0.1, 0.15) is 18.4 Å². The number of piperidine rings is 1. The van der Waals surface area contributed by atoms with Gasteiger partial charge in [0.1, 0.15) is 0 Å². The van der Waals surface area contributed by atoms with Gasteiger partial charge in [0.25, 0.3) is 0 Å². The second-order valence-electron chi connectivity index (χ2n) is 5.17. The summed E-state index contributed by atoms with van der Waals surface area (Å²) in [5, 5.41) is 4.26. The average molecular weight is 253 g/mol. The van der Waals surface area contributed by atoms with Gasteiger partial charge in [0, 0.05) is 10.6 Å². The SMILES string of the molecule is CN(C)C1(Cc2ccc(Cl)cc2)CCNCC1. The molecule has 3 heteroatoms. The van der Waals surface area contributed by atoms with Crippen LogP contribution in [0, 0.1) is 0 Å². The van der Waals surface area contributed by atoms with E-state index in [-0.39, 0.29) is 0 Å². The Labute approximate surface area is 109 Å². The summed E-state index contributed by atoms with van der Waals surface area (Å²) in [7, 11) is 4.39. The number of likely N-dealkylation sites (N-methyl/N-ethyl adjacent to an activating group) is 1. The fourth-order valence-electron chi connectivity index (χ4n) is 2.66. The zero-order valence-corrected chi connectivity index (χ0v) is 11.4. The number of nitrogens with zero attached hydrogens (tertiary/aromatic N) is 1. The second-order valence-corrected chi connectivity index (χ2v) is 5.61. The maximum absolute atomic E-state index is 5.93. The third-order valence-electron chi connectivity index (χ3n) is 3.93. The summed E-state index contributed by atoms with van der Waals surface area (Å²) in [6.07, 6.45) is 3.53. The molecule has 0 saturated carbocycles. The van der Waals surface area contributed by atoms with Crippen LogP contribution in [0.5, 0.6) is 0 Å². The van der Waals surface area contributed by atoms with Gasteiger partial charge in [0.05, 0.1) is 0 Å². The minimum atomic E-state index is 0.305. The summed E-state index contributed by atoms with van der Waals surface area (Å²) in [6, 6.07) is 8.27. The van der Waals surface area contributed by atoms with Gasteiger partial charge in [0.15, 0.2) is 0 Å². The first-order chi connectivity index (χ1) is 8.12. The van der Waals surface area contributed by atoms with Crippen molar-refractivity contribution in [2.24, 2.45) is 0 Å². The molecule has 1 aromatic rings. The van der Waals surface area contributed by atoms with E-state index in [1.807, 2.05) is 12.1 Å². The maximum Gasteiger partial charge on any atom is 0.0406 e. The molecule has 0 aliphatic carbocycles.